The summed E-state index contributed by atoms with van der Waals surface area (Å²) in [4.78, 5) is 14.9. The van der Waals surface area contributed by atoms with Crippen molar-refractivity contribution < 1.29 is 4.92 Å². The molecular formula is C14H15N3O2S. The van der Waals surface area contributed by atoms with Crippen LogP contribution in [0, 0.1) is 10.1 Å². The number of nitrogens with one attached hydrogen (secondary N) is 1. The van der Waals surface area contributed by atoms with E-state index in [4.69, 9.17) is 0 Å². The number of nitrogens with zero attached hydrogens (tertiary/aromatic N) is 2. The summed E-state index contributed by atoms with van der Waals surface area (Å²) in [6, 6.07) is 12.8. The Morgan fingerprint density at radius 3 is 2.55 bits per heavy atom. The molecule has 104 valence electrons. The van der Waals surface area contributed by atoms with E-state index in [2.05, 4.69) is 10.3 Å². The third-order valence-corrected chi connectivity index (χ3v) is 3.55. The Morgan fingerprint density at radius 1 is 1.25 bits per heavy atom. The lowest BCUT2D eigenvalue weighted by Gasteiger charge is -2.15. The lowest BCUT2D eigenvalue weighted by molar-refractivity contribution is -0.384. The van der Waals surface area contributed by atoms with Gasteiger partial charge in [-0.25, -0.2) is 4.98 Å². The number of nitro groups is 1. The zero-order chi connectivity index (χ0) is 14.5. The van der Waals surface area contributed by atoms with Gasteiger partial charge in [0.25, 0.3) is 0 Å². The van der Waals surface area contributed by atoms with Crippen molar-refractivity contribution in [3.63, 3.8) is 0 Å². The highest BCUT2D eigenvalue weighted by Gasteiger charge is 2.18. The number of rotatable bonds is 5. The number of hydrogen-bond donors (Lipinski definition) is 1. The maximum atomic E-state index is 11.1. The van der Waals surface area contributed by atoms with E-state index in [0.717, 1.165) is 10.6 Å². The second-order valence-electron chi connectivity index (χ2n) is 4.26. The molecule has 1 atom stereocenters. The van der Waals surface area contributed by atoms with Crippen LogP contribution < -0.4 is 5.32 Å². The largest absolute Gasteiger partial charge is 0.358 e. The molecule has 0 fully saturated rings. The molecule has 0 saturated carbocycles. The summed E-state index contributed by atoms with van der Waals surface area (Å²) in [6.07, 6.45) is 1.89. The minimum atomic E-state index is -0.419. The second kappa shape index (κ2) is 6.38. The normalized spacial score (nSPS) is 11.9. The molecule has 1 N–H and O–H groups in total. The third kappa shape index (κ3) is 3.27. The summed E-state index contributed by atoms with van der Waals surface area (Å²) in [5.41, 5.74) is 1.05. The van der Waals surface area contributed by atoms with Gasteiger partial charge in [0.15, 0.2) is 0 Å². The van der Waals surface area contributed by atoms with E-state index < -0.39 is 4.92 Å². The average Bonchev–Trinajstić information content (AvgIpc) is 2.47. The van der Waals surface area contributed by atoms with Gasteiger partial charge in [-0.05, 0) is 24.8 Å². The van der Waals surface area contributed by atoms with Crippen molar-refractivity contribution in [2.75, 3.05) is 11.6 Å². The first-order chi connectivity index (χ1) is 9.61. The molecule has 0 aliphatic rings. The van der Waals surface area contributed by atoms with Gasteiger partial charge in [-0.2, -0.15) is 0 Å². The van der Waals surface area contributed by atoms with Crippen LogP contribution in [0.3, 0.4) is 0 Å². The van der Waals surface area contributed by atoms with Crippen molar-refractivity contribution >= 4 is 23.3 Å². The van der Waals surface area contributed by atoms with Gasteiger partial charge in [0.05, 0.1) is 16.0 Å². The van der Waals surface area contributed by atoms with Gasteiger partial charge in [0.2, 0.25) is 5.82 Å². The Kier molecular flexibility index (Phi) is 4.57. The highest BCUT2D eigenvalue weighted by molar-refractivity contribution is 7.98. The zero-order valence-electron chi connectivity index (χ0n) is 11.2. The fraction of sp³-hybridized carbons (Fsp3) is 0.214. The van der Waals surface area contributed by atoms with E-state index in [1.807, 2.05) is 43.5 Å². The van der Waals surface area contributed by atoms with Crippen LogP contribution in [0.5, 0.6) is 0 Å². The summed E-state index contributed by atoms with van der Waals surface area (Å²) < 4.78 is 0. The predicted octanol–water partition coefficient (Wildman–Crippen LogP) is 3.88. The molecule has 0 unspecified atom stereocenters. The predicted molar refractivity (Wildman–Crippen MR) is 81.2 cm³/mol. The Bertz CT molecular complexity index is 605. The summed E-state index contributed by atoms with van der Waals surface area (Å²) in [5.74, 6) is 0.304. The molecule has 1 aromatic carbocycles. The second-order valence-corrected chi connectivity index (χ2v) is 5.08. The fourth-order valence-corrected chi connectivity index (χ4v) is 2.22. The maximum absolute atomic E-state index is 11.1. The van der Waals surface area contributed by atoms with Gasteiger partial charge in [-0.3, -0.25) is 10.1 Å². The highest BCUT2D eigenvalue weighted by atomic mass is 32.2. The van der Waals surface area contributed by atoms with Gasteiger partial charge in [-0.15, -0.1) is 11.8 Å². The van der Waals surface area contributed by atoms with E-state index in [9.17, 15) is 10.1 Å². The zero-order valence-corrected chi connectivity index (χ0v) is 12.1. The molecule has 6 heteroatoms. The Balaban J connectivity index is 2.29. The Labute approximate surface area is 121 Å². The van der Waals surface area contributed by atoms with Crippen LogP contribution in [0.2, 0.25) is 0 Å². The molecule has 0 bridgehead atoms. The van der Waals surface area contributed by atoms with Crippen molar-refractivity contribution in [1.29, 1.82) is 0 Å². The van der Waals surface area contributed by atoms with Crippen molar-refractivity contribution in [2.24, 2.45) is 0 Å². The first kappa shape index (κ1) is 14.3. The quantitative estimate of drug-likeness (QED) is 0.514. The first-order valence-electron chi connectivity index (χ1n) is 6.12. The summed E-state index contributed by atoms with van der Waals surface area (Å²) in [5, 5.41) is 14.9. The molecule has 1 aromatic heterocycles. The number of anilines is 1. The van der Waals surface area contributed by atoms with Crippen molar-refractivity contribution in [3.8, 4) is 0 Å². The van der Waals surface area contributed by atoms with Gasteiger partial charge >= 0.3 is 5.69 Å². The maximum Gasteiger partial charge on any atom is 0.311 e. The topological polar surface area (TPSA) is 68.1 Å². The molecule has 0 amide bonds. The monoisotopic (exact) mass is 289 g/mol. The molecular weight excluding hydrogens is 274 g/mol. The standard InChI is InChI=1S/C14H15N3O2S/c1-10(11-6-4-3-5-7-11)15-14-12(17(18)19)8-9-13(16-14)20-2/h3-10H,1-2H3,(H,15,16)/t10-/m1/s1. The van der Waals surface area contributed by atoms with Gasteiger partial charge in [0, 0.05) is 6.07 Å². The van der Waals surface area contributed by atoms with Crippen molar-refractivity contribution in [1.82, 2.24) is 4.98 Å². The van der Waals surface area contributed by atoms with Crippen LogP contribution in [0.4, 0.5) is 11.5 Å². The summed E-state index contributed by atoms with van der Waals surface area (Å²) in [6.45, 7) is 1.95. The van der Waals surface area contributed by atoms with Gasteiger partial charge < -0.3 is 5.32 Å². The number of aromatic nitrogens is 1. The van der Waals surface area contributed by atoms with Crippen LogP contribution in [0.15, 0.2) is 47.5 Å². The molecule has 1 heterocycles. The SMILES string of the molecule is CSc1ccc([N+](=O)[O-])c(N[C@H](C)c2ccccc2)n1. The molecule has 5 nitrogen and oxygen atoms in total. The Hall–Kier alpha value is -2.08. The van der Waals surface area contributed by atoms with Crippen LogP contribution >= 0.6 is 11.8 Å². The van der Waals surface area contributed by atoms with E-state index in [-0.39, 0.29) is 11.7 Å². The number of hydrogen-bond acceptors (Lipinski definition) is 5. The first-order valence-corrected chi connectivity index (χ1v) is 7.35. The molecule has 0 aliphatic carbocycles. The Morgan fingerprint density at radius 2 is 1.95 bits per heavy atom. The summed E-state index contributed by atoms with van der Waals surface area (Å²) >= 11 is 1.45. The van der Waals surface area contributed by atoms with Gasteiger partial charge in [0.1, 0.15) is 0 Å². The van der Waals surface area contributed by atoms with E-state index in [1.54, 1.807) is 6.07 Å². The molecule has 0 radical (unpaired) electrons. The van der Waals surface area contributed by atoms with Gasteiger partial charge in [-0.1, -0.05) is 30.3 Å². The molecule has 0 spiro atoms. The molecule has 2 aromatic rings. The minimum absolute atomic E-state index is 0.00872. The molecule has 20 heavy (non-hydrogen) atoms. The van der Waals surface area contributed by atoms with Crippen molar-refractivity contribution in [3.05, 3.63) is 58.1 Å². The minimum Gasteiger partial charge on any atom is -0.358 e. The smallest absolute Gasteiger partial charge is 0.311 e. The van der Waals surface area contributed by atoms with E-state index in [1.165, 1.54) is 17.8 Å². The number of pyridine rings is 1. The molecule has 0 aliphatic heterocycles. The lowest BCUT2D eigenvalue weighted by Crippen LogP contribution is -2.10. The molecule has 0 saturated heterocycles. The van der Waals surface area contributed by atoms with Crippen LogP contribution in [-0.4, -0.2) is 16.2 Å². The number of benzene rings is 1. The number of thioether (sulfide) groups is 1. The molecule has 2 rings (SSSR count). The highest BCUT2D eigenvalue weighted by Crippen LogP contribution is 2.28. The third-order valence-electron chi connectivity index (χ3n) is 2.91. The average molecular weight is 289 g/mol. The van der Waals surface area contributed by atoms with E-state index in [0.29, 0.717) is 5.82 Å². The summed E-state index contributed by atoms with van der Waals surface area (Å²) in [7, 11) is 0. The van der Waals surface area contributed by atoms with Crippen LogP contribution in [0.25, 0.3) is 0 Å². The van der Waals surface area contributed by atoms with Crippen LogP contribution in [-0.2, 0) is 0 Å². The fourth-order valence-electron chi connectivity index (χ4n) is 1.83. The van der Waals surface area contributed by atoms with Crippen LogP contribution in [0.1, 0.15) is 18.5 Å². The van der Waals surface area contributed by atoms with E-state index >= 15 is 0 Å². The lowest BCUT2D eigenvalue weighted by atomic mass is 10.1. The van der Waals surface area contributed by atoms with Crippen molar-refractivity contribution in [2.45, 2.75) is 18.0 Å².